The van der Waals surface area contributed by atoms with Gasteiger partial charge in [-0.2, -0.15) is 0 Å². The second-order valence-electron chi connectivity index (χ2n) is 7.20. The molecule has 4 rings (SSSR count). The Balaban J connectivity index is 1.49. The molecule has 0 fully saturated rings. The molecule has 0 atom stereocenters. The van der Waals surface area contributed by atoms with Gasteiger partial charge in [-0.15, -0.1) is 11.3 Å². The number of benzene rings is 3. The number of nitrogens with one attached hydrogen (secondary N) is 2. The van der Waals surface area contributed by atoms with Gasteiger partial charge in [0.15, 0.2) is 0 Å². The molecule has 0 aliphatic heterocycles. The molecule has 0 saturated heterocycles. The number of hydrogen-bond donors (Lipinski definition) is 2. The van der Waals surface area contributed by atoms with Crippen molar-refractivity contribution in [1.29, 1.82) is 0 Å². The number of carbonyl (C=O) groups is 1. The highest BCUT2D eigenvalue weighted by Gasteiger charge is 2.18. The molecule has 0 unspecified atom stereocenters. The Labute approximate surface area is 191 Å². The van der Waals surface area contributed by atoms with Crippen LogP contribution < -0.4 is 10.0 Å². The Morgan fingerprint density at radius 3 is 2.06 bits per heavy atom. The molecule has 0 radical (unpaired) electrons. The maximum atomic E-state index is 12.9. The molecule has 5 nitrogen and oxygen atoms in total. The number of sulfonamides is 1. The van der Waals surface area contributed by atoms with Crippen LogP contribution in [0.5, 0.6) is 0 Å². The fourth-order valence-electron chi connectivity index (χ4n) is 3.44. The zero-order valence-electron chi connectivity index (χ0n) is 17.1. The molecule has 1 amide bonds. The van der Waals surface area contributed by atoms with Gasteiger partial charge in [-0.1, -0.05) is 72.8 Å². The van der Waals surface area contributed by atoms with Crippen molar-refractivity contribution in [2.45, 2.75) is 10.1 Å². The maximum absolute atomic E-state index is 12.9. The molecule has 162 valence electrons. The zero-order chi connectivity index (χ0) is 22.4. The topological polar surface area (TPSA) is 75.3 Å². The van der Waals surface area contributed by atoms with E-state index in [-0.39, 0.29) is 16.0 Å². The standard InChI is InChI=1S/C25H22N2O3S2/c28-25(21-13-7-14-22(17-21)27-32(29,30)24-15-8-16-31-24)26-18-23(19-9-3-1-4-10-19)20-11-5-2-6-12-20/h1-17,23,27H,18H2,(H,26,28). The van der Waals surface area contributed by atoms with E-state index in [1.54, 1.807) is 35.7 Å². The van der Waals surface area contributed by atoms with Gasteiger partial charge in [0.25, 0.3) is 15.9 Å². The molecule has 0 aliphatic carbocycles. The molecule has 0 bridgehead atoms. The summed E-state index contributed by atoms with van der Waals surface area (Å²) in [5.41, 5.74) is 2.94. The number of thiophene rings is 1. The first-order chi connectivity index (χ1) is 15.5. The van der Waals surface area contributed by atoms with Gasteiger partial charge in [-0.25, -0.2) is 8.42 Å². The number of amides is 1. The summed E-state index contributed by atoms with van der Waals surface area (Å²) < 4.78 is 27.7. The quantitative estimate of drug-likeness (QED) is 0.382. The summed E-state index contributed by atoms with van der Waals surface area (Å²) in [6.07, 6.45) is 0. The lowest BCUT2D eigenvalue weighted by atomic mass is 9.91. The Kier molecular flexibility index (Phi) is 6.68. The molecule has 3 aromatic carbocycles. The van der Waals surface area contributed by atoms with Crippen LogP contribution in [0.2, 0.25) is 0 Å². The van der Waals surface area contributed by atoms with Crippen LogP contribution in [-0.4, -0.2) is 20.9 Å². The fraction of sp³-hybridized carbons (Fsp3) is 0.0800. The van der Waals surface area contributed by atoms with Gasteiger partial charge in [-0.3, -0.25) is 9.52 Å². The van der Waals surface area contributed by atoms with E-state index in [0.717, 1.165) is 22.5 Å². The zero-order valence-corrected chi connectivity index (χ0v) is 18.8. The lowest BCUT2D eigenvalue weighted by Crippen LogP contribution is -2.29. The number of rotatable bonds is 8. The lowest BCUT2D eigenvalue weighted by molar-refractivity contribution is 0.0952. The Bertz CT molecular complexity index is 1230. The van der Waals surface area contributed by atoms with Crippen LogP contribution in [0.15, 0.2) is 107 Å². The van der Waals surface area contributed by atoms with Gasteiger partial charge >= 0.3 is 0 Å². The van der Waals surface area contributed by atoms with Gasteiger partial charge in [-0.05, 0) is 40.8 Å². The van der Waals surface area contributed by atoms with Crippen molar-refractivity contribution in [1.82, 2.24) is 5.32 Å². The minimum absolute atomic E-state index is 0.00173. The Hall–Kier alpha value is -3.42. The van der Waals surface area contributed by atoms with Crippen molar-refractivity contribution in [2.75, 3.05) is 11.3 Å². The van der Waals surface area contributed by atoms with Crippen LogP contribution in [0.4, 0.5) is 5.69 Å². The molecule has 0 aliphatic rings. The number of hydrogen-bond acceptors (Lipinski definition) is 4. The van der Waals surface area contributed by atoms with Crippen LogP contribution in [0.1, 0.15) is 27.4 Å². The van der Waals surface area contributed by atoms with E-state index in [9.17, 15) is 13.2 Å². The minimum atomic E-state index is -3.67. The van der Waals surface area contributed by atoms with Crippen LogP contribution in [0, 0.1) is 0 Å². The highest BCUT2D eigenvalue weighted by Crippen LogP contribution is 2.24. The first-order valence-electron chi connectivity index (χ1n) is 10.1. The average molecular weight is 463 g/mol. The number of anilines is 1. The lowest BCUT2D eigenvalue weighted by Gasteiger charge is -2.19. The van der Waals surface area contributed by atoms with Gasteiger partial charge in [0, 0.05) is 23.7 Å². The van der Waals surface area contributed by atoms with E-state index in [4.69, 9.17) is 0 Å². The molecule has 1 aromatic heterocycles. The Morgan fingerprint density at radius 2 is 1.47 bits per heavy atom. The van der Waals surface area contributed by atoms with Crippen molar-refractivity contribution in [3.8, 4) is 0 Å². The maximum Gasteiger partial charge on any atom is 0.271 e. The van der Waals surface area contributed by atoms with Crippen molar-refractivity contribution in [2.24, 2.45) is 0 Å². The molecule has 2 N–H and O–H groups in total. The summed E-state index contributed by atoms with van der Waals surface area (Å²) in [7, 11) is -3.67. The minimum Gasteiger partial charge on any atom is -0.351 e. The third kappa shape index (κ3) is 5.25. The smallest absolute Gasteiger partial charge is 0.271 e. The largest absolute Gasteiger partial charge is 0.351 e. The molecule has 7 heteroatoms. The third-order valence-corrected chi connectivity index (χ3v) is 7.79. The van der Waals surface area contributed by atoms with Crippen molar-refractivity contribution < 1.29 is 13.2 Å². The summed E-state index contributed by atoms with van der Waals surface area (Å²) >= 11 is 1.14. The second-order valence-corrected chi connectivity index (χ2v) is 10.1. The second kappa shape index (κ2) is 9.80. The molecule has 4 aromatic rings. The third-order valence-electron chi connectivity index (χ3n) is 5.01. The molecule has 0 spiro atoms. The SMILES string of the molecule is O=C(NCC(c1ccccc1)c1ccccc1)c1cccc(NS(=O)(=O)c2cccs2)c1. The van der Waals surface area contributed by atoms with Crippen LogP contribution in [0.3, 0.4) is 0 Å². The summed E-state index contributed by atoms with van der Waals surface area (Å²) in [5, 5.41) is 4.70. The predicted molar refractivity (Wildman–Crippen MR) is 129 cm³/mol. The Morgan fingerprint density at radius 1 is 0.812 bits per heavy atom. The van der Waals surface area contributed by atoms with Gasteiger partial charge < -0.3 is 5.32 Å². The predicted octanol–water partition coefficient (Wildman–Crippen LogP) is 5.11. The average Bonchev–Trinajstić information content (AvgIpc) is 3.37. The van der Waals surface area contributed by atoms with Gasteiger partial charge in [0.2, 0.25) is 0 Å². The molecular weight excluding hydrogens is 440 g/mol. The first-order valence-corrected chi connectivity index (χ1v) is 12.4. The summed E-state index contributed by atoms with van der Waals surface area (Å²) in [5.74, 6) is -0.263. The van der Waals surface area contributed by atoms with E-state index in [0.29, 0.717) is 17.8 Å². The van der Waals surface area contributed by atoms with Crippen LogP contribution in [0.25, 0.3) is 0 Å². The van der Waals surface area contributed by atoms with Crippen LogP contribution in [-0.2, 0) is 10.0 Å². The normalized spacial score (nSPS) is 11.3. The van der Waals surface area contributed by atoms with Crippen LogP contribution >= 0.6 is 11.3 Å². The molecule has 1 heterocycles. The van der Waals surface area contributed by atoms with E-state index in [1.807, 2.05) is 60.7 Å². The van der Waals surface area contributed by atoms with Crippen molar-refractivity contribution in [3.05, 3.63) is 119 Å². The highest BCUT2D eigenvalue weighted by atomic mass is 32.2. The van der Waals surface area contributed by atoms with Gasteiger partial charge in [0.05, 0.1) is 0 Å². The number of carbonyl (C=O) groups excluding carboxylic acids is 1. The van der Waals surface area contributed by atoms with E-state index < -0.39 is 10.0 Å². The molecule has 0 saturated carbocycles. The van der Waals surface area contributed by atoms with Crippen molar-refractivity contribution >= 4 is 33.0 Å². The fourth-order valence-corrected chi connectivity index (χ4v) is 5.48. The van der Waals surface area contributed by atoms with E-state index in [2.05, 4.69) is 10.0 Å². The summed E-state index contributed by atoms with van der Waals surface area (Å²) in [6, 6.07) is 29.8. The summed E-state index contributed by atoms with van der Waals surface area (Å²) in [4.78, 5) is 12.9. The van der Waals surface area contributed by atoms with E-state index >= 15 is 0 Å². The monoisotopic (exact) mass is 462 g/mol. The molecule has 32 heavy (non-hydrogen) atoms. The van der Waals surface area contributed by atoms with Crippen molar-refractivity contribution in [3.63, 3.8) is 0 Å². The first kappa shape index (κ1) is 21.8. The van der Waals surface area contributed by atoms with Gasteiger partial charge in [0.1, 0.15) is 4.21 Å². The highest BCUT2D eigenvalue weighted by molar-refractivity contribution is 7.94. The van der Waals surface area contributed by atoms with E-state index in [1.165, 1.54) is 6.07 Å². The molecular formula is C25H22N2O3S2. The summed E-state index contributed by atoms with van der Waals surface area (Å²) in [6.45, 7) is 0.415.